The molecule has 1 rings (SSSR count). The van der Waals surface area contributed by atoms with Gasteiger partial charge in [0.15, 0.2) is 0 Å². The van der Waals surface area contributed by atoms with Crippen LogP contribution in [-0.2, 0) is 0 Å². The molecule has 1 saturated heterocycles. The molecule has 0 spiro atoms. The topological polar surface area (TPSA) is 24.1 Å². The van der Waals surface area contributed by atoms with Gasteiger partial charge in [-0.25, -0.2) is 0 Å². The van der Waals surface area contributed by atoms with E-state index in [-0.39, 0.29) is 0 Å². The third-order valence-corrected chi connectivity index (χ3v) is 2.80. The third-order valence-electron chi connectivity index (χ3n) is 2.80. The van der Waals surface area contributed by atoms with Crippen LogP contribution in [0.1, 0.15) is 20.3 Å². The highest BCUT2D eigenvalue weighted by Gasteiger charge is 2.30. The Kier molecular flexibility index (Phi) is 2.90. The van der Waals surface area contributed by atoms with Crippen LogP contribution in [0.3, 0.4) is 0 Å². The van der Waals surface area contributed by atoms with E-state index in [0.29, 0.717) is 5.41 Å². The third kappa shape index (κ3) is 2.17. The maximum Gasteiger partial charge on any atom is 0.000265 e. The molecule has 1 heterocycles. The Morgan fingerprint density at radius 1 is 1.55 bits per heavy atom. The lowest BCUT2D eigenvalue weighted by molar-refractivity contribution is 0.226. The Hall–Kier alpha value is -0.0800. The van der Waals surface area contributed by atoms with Gasteiger partial charge in [-0.1, -0.05) is 13.8 Å². The van der Waals surface area contributed by atoms with Crippen molar-refractivity contribution < 1.29 is 0 Å². The molecule has 0 amide bonds. The molecule has 0 saturated carbocycles. The van der Waals surface area contributed by atoms with Gasteiger partial charge >= 0.3 is 0 Å². The molecule has 2 N–H and O–H groups in total. The molecule has 0 aromatic rings. The van der Waals surface area contributed by atoms with Gasteiger partial charge in [0.1, 0.15) is 0 Å². The standard InChI is InChI=1S/C9H20N2/c1-9(2,7-10-3)8-4-5-11-6-8/h8,10-11H,4-7H2,1-3H3. The van der Waals surface area contributed by atoms with Gasteiger partial charge in [0.05, 0.1) is 0 Å². The normalized spacial score (nSPS) is 25.9. The zero-order valence-corrected chi connectivity index (χ0v) is 7.91. The van der Waals surface area contributed by atoms with Gasteiger partial charge < -0.3 is 10.6 Å². The molecule has 66 valence electrons. The summed E-state index contributed by atoms with van der Waals surface area (Å²) >= 11 is 0. The van der Waals surface area contributed by atoms with Gasteiger partial charge in [0.25, 0.3) is 0 Å². The van der Waals surface area contributed by atoms with Crippen molar-refractivity contribution in [3.05, 3.63) is 0 Å². The second kappa shape index (κ2) is 3.55. The zero-order chi connectivity index (χ0) is 8.32. The van der Waals surface area contributed by atoms with Crippen LogP contribution < -0.4 is 10.6 Å². The van der Waals surface area contributed by atoms with E-state index in [2.05, 4.69) is 24.5 Å². The van der Waals surface area contributed by atoms with Crippen LogP contribution in [0, 0.1) is 11.3 Å². The Morgan fingerprint density at radius 3 is 2.73 bits per heavy atom. The van der Waals surface area contributed by atoms with Crippen molar-refractivity contribution in [2.75, 3.05) is 26.7 Å². The molecule has 2 heteroatoms. The van der Waals surface area contributed by atoms with Gasteiger partial charge in [0.2, 0.25) is 0 Å². The molecule has 1 unspecified atom stereocenters. The monoisotopic (exact) mass is 156 g/mol. The molecule has 1 atom stereocenters. The fraction of sp³-hybridized carbons (Fsp3) is 1.00. The largest absolute Gasteiger partial charge is 0.319 e. The summed E-state index contributed by atoms with van der Waals surface area (Å²) in [6.45, 7) is 8.23. The summed E-state index contributed by atoms with van der Waals surface area (Å²) in [5.74, 6) is 0.856. The summed E-state index contributed by atoms with van der Waals surface area (Å²) in [5, 5.41) is 6.67. The average molecular weight is 156 g/mol. The highest BCUT2D eigenvalue weighted by Crippen LogP contribution is 2.30. The molecular weight excluding hydrogens is 136 g/mol. The highest BCUT2D eigenvalue weighted by molar-refractivity contribution is 4.85. The van der Waals surface area contributed by atoms with Crippen LogP contribution in [0.15, 0.2) is 0 Å². The SMILES string of the molecule is CNCC(C)(C)C1CCNC1. The van der Waals surface area contributed by atoms with E-state index in [9.17, 15) is 0 Å². The molecule has 1 fully saturated rings. The fourth-order valence-corrected chi connectivity index (χ4v) is 1.92. The van der Waals surface area contributed by atoms with Crippen molar-refractivity contribution in [2.24, 2.45) is 11.3 Å². The Morgan fingerprint density at radius 2 is 2.27 bits per heavy atom. The Balaban J connectivity index is 2.41. The molecule has 0 bridgehead atoms. The number of hydrogen-bond acceptors (Lipinski definition) is 2. The molecular formula is C9H20N2. The molecule has 1 aliphatic rings. The second-order valence-electron chi connectivity index (χ2n) is 4.21. The van der Waals surface area contributed by atoms with Crippen LogP contribution in [0.4, 0.5) is 0 Å². The average Bonchev–Trinajstić information content (AvgIpc) is 2.37. The molecule has 0 aliphatic carbocycles. The molecule has 0 aromatic heterocycles. The van der Waals surface area contributed by atoms with Gasteiger partial charge in [-0.05, 0) is 37.9 Å². The minimum absolute atomic E-state index is 0.457. The summed E-state index contributed by atoms with van der Waals surface area (Å²) in [6, 6.07) is 0. The Bertz CT molecular complexity index is 115. The van der Waals surface area contributed by atoms with Crippen LogP contribution in [-0.4, -0.2) is 26.7 Å². The van der Waals surface area contributed by atoms with Crippen LogP contribution in [0.2, 0.25) is 0 Å². The van der Waals surface area contributed by atoms with E-state index >= 15 is 0 Å². The smallest absolute Gasteiger partial charge is 0.000265 e. The van der Waals surface area contributed by atoms with E-state index in [1.54, 1.807) is 0 Å². The first-order valence-corrected chi connectivity index (χ1v) is 4.52. The fourth-order valence-electron chi connectivity index (χ4n) is 1.92. The molecule has 1 aliphatic heterocycles. The summed E-state index contributed by atoms with van der Waals surface area (Å²) in [5.41, 5.74) is 0.457. The Labute approximate surface area is 69.8 Å². The predicted octanol–water partition coefficient (Wildman–Crippen LogP) is 0.841. The minimum Gasteiger partial charge on any atom is -0.319 e. The van der Waals surface area contributed by atoms with Gasteiger partial charge in [-0.15, -0.1) is 0 Å². The number of nitrogens with one attached hydrogen (secondary N) is 2. The molecule has 0 radical (unpaired) electrons. The first kappa shape index (κ1) is 9.01. The van der Waals surface area contributed by atoms with Crippen molar-refractivity contribution in [2.45, 2.75) is 20.3 Å². The summed E-state index contributed by atoms with van der Waals surface area (Å²) in [6.07, 6.45) is 1.34. The van der Waals surface area contributed by atoms with E-state index in [4.69, 9.17) is 0 Å². The van der Waals surface area contributed by atoms with Crippen molar-refractivity contribution in [3.8, 4) is 0 Å². The van der Waals surface area contributed by atoms with E-state index < -0.39 is 0 Å². The lowest BCUT2D eigenvalue weighted by Gasteiger charge is -2.30. The van der Waals surface area contributed by atoms with Crippen LogP contribution in [0.25, 0.3) is 0 Å². The maximum absolute atomic E-state index is 3.41. The molecule has 2 nitrogen and oxygen atoms in total. The van der Waals surface area contributed by atoms with Gasteiger partial charge in [-0.3, -0.25) is 0 Å². The maximum atomic E-state index is 3.41. The van der Waals surface area contributed by atoms with Crippen molar-refractivity contribution in [1.29, 1.82) is 0 Å². The lowest BCUT2D eigenvalue weighted by Crippen LogP contribution is -2.35. The first-order valence-electron chi connectivity index (χ1n) is 4.52. The predicted molar refractivity (Wildman–Crippen MR) is 48.7 cm³/mol. The first-order chi connectivity index (χ1) is 5.17. The second-order valence-corrected chi connectivity index (χ2v) is 4.21. The van der Waals surface area contributed by atoms with Gasteiger partial charge in [0, 0.05) is 6.54 Å². The molecule has 0 aromatic carbocycles. The minimum atomic E-state index is 0.457. The summed E-state index contributed by atoms with van der Waals surface area (Å²) < 4.78 is 0. The van der Waals surface area contributed by atoms with Crippen LogP contribution in [0.5, 0.6) is 0 Å². The van der Waals surface area contributed by atoms with Crippen LogP contribution >= 0.6 is 0 Å². The van der Waals surface area contributed by atoms with E-state index in [1.807, 2.05) is 7.05 Å². The van der Waals surface area contributed by atoms with E-state index in [0.717, 1.165) is 12.5 Å². The van der Waals surface area contributed by atoms with Gasteiger partial charge in [-0.2, -0.15) is 0 Å². The number of rotatable bonds is 3. The van der Waals surface area contributed by atoms with Crippen molar-refractivity contribution >= 4 is 0 Å². The summed E-state index contributed by atoms with van der Waals surface area (Å²) in [4.78, 5) is 0. The van der Waals surface area contributed by atoms with Crippen molar-refractivity contribution in [3.63, 3.8) is 0 Å². The summed E-state index contributed by atoms with van der Waals surface area (Å²) in [7, 11) is 2.03. The zero-order valence-electron chi connectivity index (χ0n) is 7.91. The molecule has 11 heavy (non-hydrogen) atoms. The van der Waals surface area contributed by atoms with E-state index in [1.165, 1.54) is 19.5 Å². The number of hydrogen-bond donors (Lipinski definition) is 2. The quantitative estimate of drug-likeness (QED) is 0.633. The van der Waals surface area contributed by atoms with Crippen molar-refractivity contribution in [1.82, 2.24) is 10.6 Å². The lowest BCUT2D eigenvalue weighted by atomic mass is 9.78. The highest BCUT2D eigenvalue weighted by atomic mass is 14.9.